The van der Waals surface area contributed by atoms with Crippen molar-refractivity contribution < 1.29 is 9.90 Å². The summed E-state index contributed by atoms with van der Waals surface area (Å²) in [5.74, 6) is -0.269. The lowest BCUT2D eigenvalue weighted by Crippen LogP contribution is -2.14. The van der Waals surface area contributed by atoms with Crippen molar-refractivity contribution in [2.24, 2.45) is 0 Å². The van der Waals surface area contributed by atoms with E-state index in [1.807, 2.05) is 30.3 Å². The second-order valence-corrected chi connectivity index (χ2v) is 6.00. The second kappa shape index (κ2) is 5.59. The Morgan fingerprint density at radius 2 is 1.50 bits per heavy atom. The molecule has 0 aromatic heterocycles. The molecule has 20 heavy (non-hydrogen) atoms. The molecule has 2 aromatic rings. The van der Waals surface area contributed by atoms with Crippen LogP contribution in [-0.4, -0.2) is 10.9 Å². The fourth-order valence-electron chi connectivity index (χ4n) is 2.08. The van der Waals surface area contributed by atoms with E-state index in [2.05, 4.69) is 20.8 Å². The molecule has 0 saturated carbocycles. The van der Waals surface area contributed by atoms with E-state index in [0.29, 0.717) is 11.1 Å². The first kappa shape index (κ1) is 14.5. The van der Waals surface area contributed by atoms with Gasteiger partial charge < -0.3 is 5.11 Å². The topological polar surface area (TPSA) is 37.3 Å². The Morgan fingerprint density at radius 1 is 0.950 bits per heavy atom. The third-order valence-corrected chi connectivity index (χ3v) is 3.40. The van der Waals surface area contributed by atoms with Gasteiger partial charge in [0.1, 0.15) is 6.10 Å². The minimum atomic E-state index is -1.11. The molecule has 104 valence electrons. The summed E-state index contributed by atoms with van der Waals surface area (Å²) in [5, 5.41) is 10.2. The average Bonchev–Trinajstić information content (AvgIpc) is 2.46. The Bertz CT molecular complexity index is 577. The van der Waals surface area contributed by atoms with Gasteiger partial charge in [0.25, 0.3) is 0 Å². The molecule has 0 fully saturated rings. The molecule has 2 nitrogen and oxygen atoms in total. The molecule has 0 heterocycles. The lowest BCUT2D eigenvalue weighted by Gasteiger charge is -2.19. The van der Waals surface area contributed by atoms with E-state index < -0.39 is 6.10 Å². The molecular formula is C18H20O2. The van der Waals surface area contributed by atoms with Crippen LogP contribution < -0.4 is 0 Å². The molecular weight excluding hydrogens is 248 g/mol. The molecule has 0 bridgehead atoms. The Morgan fingerprint density at radius 3 is 2.00 bits per heavy atom. The molecule has 2 aromatic carbocycles. The number of hydrogen-bond acceptors (Lipinski definition) is 2. The summed E-state index contributed by atoms with van der Waals surface area (Å²) in [6, 6.07) is 16.5. The summed E-state index contributed by atoms with van der Waals surface area (Å²) in [7, 11) is 0. The number of benzene rings is 2. The maximum absolute atomic E-state index is 12.2. The molecule has 0 radical (unpaired) electrons. The Balaban J connectivity index is 2.22. The Kier molecular flexibility index (Phi) is 4.05. The molecule has 0 spiro atoms. The number of carbonyl (C=O) groups excluding carboxylic acids is 1. The Hall–Kier alpha value is -1.93. The highest BCUT2D eigenvalue weighted by atomic mass is 16.3. The normalized spacial score (nSPS) is 13.0. The summed E-state index contributed by atoms with van der Waals surface area (Å²) in [5.41, 5.74) is 2.40. The van der Waals surface area contributed by atoms with Crippen LogP contribution in [0.15, 0.2) is 54.6 Å². The van der Waals surface area contributed by atoms with E-state index in [-0.39, 0.29) is 11.2 Å². The predicted molar refractivity (Wildman–Crippen MR) is 80.9 cm³/mol. The van der Waals surface area contributed by atoms with Gasteiger partial charge in [-0.2, -0.15) is 0 Å². The van der Waals surface area contributed by atoms with Crippen LogP contribution in [0.5, 0.6) is 0 Å². The van der Waals surface area contributed by atoms with Crippen LogP contribution in [0, 0.1) is 0 Å². The van der Waals surface area contributed by atoms with Crippen LogP contribution in [0.25, 0.3) is 0 Å². The molecule has 1 atom stereocenters. The predicted octanol–water partition coefficient (Wildman–Crippen LogP) is 3.90. The summed E-state index contributed by atoms with van der Waals surface area (Å²) in [6.07, 6.45) is -1.11. The zero-order chi connectivity index (χ0) is 14.8. The van der Waals surface area contributed by atoms with Crippen LogP contribution in [0.4, 0.5) is 0 Å². The highest BCUT2D eigenvalue weighted by Crippen LogP contribution is 2.25. The van der Waals surface area contributed by atoms with Gasteiger partial charge in [-0.05, 0) is 16.5 Å². The third kappa shape index (κ3) is 3.14. The molecule has 1 unspecified atom stereocenters. The van der Waals surface area contributed by atoms with Crippen LogP contribution in [0.3, 0.4) is 0 Å². The smallest absolute Gasteiger partial charge is 0.195 e. The number of Topliss-reactive ketones (excluding diaryl/α,β-unsaturated/α-hetero) is 1. The zero-order valence-electron chi connectivity index (χ0n) is 12.1. The van der Waals surface area contributed by atoms with Crippen LogP contribution in [0.1, 0.15) is 48.4 Å². The fraction of sp³-hybridized carbons (Fsp3) is 0.278. The lowest BCUT2D eigenvalue weighted by molar-refractivity contribution is 0.0747. The standard InChI is InChI=1S/C18H20O2/c1-18(2,3)15-11-9-14(10-12-15)17(20)16(19)13-7-5-4-6-8-13/h4-12,17,20H,1-3H3. The lowest BCUT2D eigenvalue weighted by atomic mass is 9.86. The largest absolute Gasteiger partial charge is 0.380 e. The van der Waals surface area contributed by atoms with Crippen molar-refractivity contribution in [2.75, 3.05) is 0 Å². The number of aliphatic hydroxyl groups excluding tert-OH is 1. The molecule has 0 saturated heterocycles. The van der Waals surface area contributed by atoms with Gasteiger partial charge in [-0.15, -0.1) is 0 Å². The number of carbonyl (C=O) groups is 1. The van der Waals surface area contributed by atoms with Crippen molar-refractivity contribution in [3.63, 3.8) is 0 Å². The molecule has 0 amide bonds. The summed E-state index contributed by atoms with van der Waals surface area (Å²) >= 11 is 0. The highest BCUT2D eigenvalue weighted by molar-refractivity contribution is 5.99. The van der Waals surface area contributed by atoms with Crippen molar-refractivity contribution in [3.8, 4) is 0 Å². The number of aliphatic hydroxyl groups is 1. The molecule has 1 N–H and O–H groups in total. The molecule has 2 heteroatoms. The quantitative estimate of drug-likeness (QED) is 0.857. The van der Waals surface area contributed by atoms with E-state index >= 15 is 0 Å². The first-order valence-electron chi connectivity index (χ1n) is 6.77. The van der Waals surface area contributed by atoms with E-state index in [1.165, 1.54) is 5.56 Å². The number of hydrogen-bond donors (Lipinski definition) is 1. The van der Waals surface area contributed by atoms with Gasteiger partial charge in [-0.25, -0.2) is 0 Å². The van der Waals surface area contributed by atoms with E-state index in [1.54, 1.807) is 24.3 Å². The average molecular weight is 268 g/mol. The van der Waals surface area contributed by atoms with Crippen molar-refractivity contribution in [1.29, 1.82) is 0 Å². The van der Waals surface area contributed by atoms with Gasteiger partial charge in [0.2, 0.25) is 0 Å². The first-order valence-corrected chi connectivity index (χ1v) is 6.77. The van der Waals surface area contributed by atoms with E-state index in [9.17, 15) is 9.90 Å². The molecule has 0 aliphatic rings. The highest BCUT2D eigenvalue weighted by Gasteiger charge is 2.20. The second-order valence-electron chi connectivity index (χ2n) is 6.00. The third-order valence-electron chi connectivity index (χ3n) is 3.40. The maximum Gasteiger partial charge on any atom is 0.195 e. The summed E-state index contributed by atoms with van der Waals surface area (Å²) in [6.45, 7) is 6.40. The molecule has 0 aliphatic heterocycles. The van der Waals surface area contributed by atoms with Gasteiger partial charge in [0.15, 0.2) is 5.78 Å². The Labute approximate surface area is 120 Å². The van der Waals surface area contributed by atoms with Gasteiger partial charge in [-0.3, -0.25) is 4.79 Å². The molecule has 0 aliphatic carbocycles. The van der Waals surface area contributed by atoms with Gasteiger partial charge in [0, 0.05) is 5.56 Å². The summed E-state index contributed by atoms with van der Waals surface area (Å²) < 4.78 is 0. The van der Waals surface area contributed by atoms with Crippen molar-refractivity contribution >= 4 is 5.78 Å². The van der Waals surface area contributed by atoms with Crippen molar-refractivity contribution in [2.45, 2.75) is 32.3 Å². The number of ketones is 1. The van der Waals surface area contributed by atoms with Crippen molar-refractivity contribution in [3.05, 3.63) is 71.3 Å². The first-order chi connectivity index (χ1) is 9.39. The minimum absolute atomic E-state index is 0.0624. The van der Waals surface area contributed by atoms with E-state index in [4.69, 9.17) is 0 Å². The van der Waals surface area contributed by atoms with Gasteiger partial charge >= 0.3 is 0 Å². The maximum atomic E-state index is 12.2. The van der Waals surface area contributed by atoms with Crippen LogP contribution in [-0.2, 0) is 5.41 Å². The number of rotatable bonds is 3. The molecule has 2 rings (SSSR count). The van der Waals surface area contributed by atoms with Crippen molar-refractivity contribution in [1.82, 2.24) is 0 Å². The van der Waals surface area contributed by atoms with E-state index in [0.717, 1.165) is 0 Å². The zero-order valence-corrected chi connectivity index (χ0v) is 12.1. The fourth-order valence-corrected chi connectivity index (χ4v) is 2.08. The summed E-state index contributed by atoms with van der Waals surface area (Å²) in [4.78, 5) is 12.2. The van der Waals surface area contributed by atoms with Crippen LogP contribution >= 0.6 is 0 Å². The minimum Gasteiger partial charge on any atom is -0.380 e. The monoisotopic (exact) mass is 268 g/mol. The van der Waals surface area contributed by atoms with Gasteiger partial charge in [0.05, 0.1) is 0 Å². The SMILES string of the molecule is CC(C)(C)c1ccc(C(O)C(=O)c2ccccc2)cc1. The van der Waals surface area contributed by atoms with Gasteiger partial charge in [-0.1, -0.05) is 75.4 Å². The van der Waals surface area contributed by atoms with Crippen LogP contribution in [0.2, 0.25) is 0 Å².